The highest BCUT2D eigenvalue weighted by Gasteiger charge is 2.42. The van der Waals surface area contributed by atoms with Gasteiger partial charge in [0.25, 0.3) is 0 Å². The molecule has 1 saturated carbocycles. The summed E-state index contributed by atoms with van der Waals surface area (Å²) in [6.07, 6.45) is 2.15. The van der Waals surface area contributed by atoms with E-state index >= 15 is 0 Å². The van der Waals surface area contributed by atoms with Crippen LogP contribution in [0.4, 0.5) is 4.39 Å². The number of halogens is 2. The van der Waals surface area contributed by atoms with Crippen LogP contribution in [0.3, 0.4) is 0 Å². The van der Waals surface area contributed by atoms with Crippen molar-refractivity contribution >= 4 is 21.9 Å². The van der Waals surface area contributed by atoms with Crippen molar-refractivity contribution in [3.8, 4) is 5.75 Å². The SMILES string of the molecule is O=C(O)CC1(Oc2cc(Br)ccc2F)CCC1. The van der Waals surface area contributed by atoms with Gasteiger partial charge >= 0.3 is 5.97 Å². The normalized spacial score (nSPS) is 17.3. The highest BCUT2D eigenvalue weighted by atomic mass is 79.9. The molecule has 0 saturated heterocycles. The Bertz CT molecular complexity index is 443. The molecular weight excluding hydrogens is 291 g/mol. The average Bonchev–Trinajstić information content (AvgIpc) is 2.19. The van der Waals surface area contributed by atoms with Gasteiger partial charge in [0.05, 0.1) is 6.42 Å². The van der Waals surface area contributed by atoms with Gasteiger partial charge in [0, 0.05) is 4.47 Å². The lowest BCUT2D eigenvalue weighted by Gasteiger charge is -2.40. The van der Waals surface area contributed by atoms with E-state index in [0.717, 1.165) is 6.42 Å². The maximum atomic E-state index is 13.5. The van der Waals surface area contributed by atoms with Crippen LogP contribution < -0.4 is 4.74 Å². The smallest absolute Gasteiger partial charge is 0.307 e. The van der Waals surface area contributed by atoms with E-state index in [0.29, 0.717) is 17.3 Å². The van der Waals surface area contributed by atoms with Gasteiger partial charge in [-0.25, -0.2) is 4.39 Å². The number of carbonyl (C=O) groups is 1. The molecule has 1 aromatic rings. The van der Waals surface area contributed by atoms with Crippen molar-refractivity contribution in [1.29, 1.82) is 0 Å². The van der Waals surface area contributed by atoms with Crippen molar-refractivity contribution < 1.29 is 19.0 Å². The molecule has 17 heavy (non-hydrogen) atoms. The molecule has 0 spiro atoms. The number of ether oxygens (including phenoxy) is 1. The van der Waals surface area contributed by atoms with E-state index in [1.807, 2.05) is 0 Å². The Hall–Kier alpha value is -1.10. The second-order valence-corrected chi connectivity index (χ2v) is 5.20. The van der Waals surface area contributed by atoms with E-state index in [1.54, 1.807) is 6.07 Å². The van der Waals surface area contributed by atoms with E-state index in [2.05, 4.69) is 15.9 Å². The first-order chi connectivity index (χ1) is 8.01. The molecular formula is C12H12BrFO3. The molecule has 5 heteroatoms. The Morgan fingerprint density at radius 3 is 2.76 bits per heavy atom. The first-order valence-corrected chi connectivity index (χ1v) is 6.16. The Morgan fingerprint density at radius 2 is 2.24 bits per heavy atom. The van der Waals surface area contributed by atoms with Crippen LogP contribution in [-0.4, -0.2) is 16.7 Å². The van der Waals surface area contributed by atoms with Crippen LogP contribution in [0.5, 0.6) is 5.75 Å². The predicted molar refractivity (Wildman–Crippen MR) is 63.6 cm³/mol. The largest absolute Gasteiger partial charge is 0.484 e. The van der Waals surface area contributed by atoms with Crippen LogP contribution >= 0.6 is 15.9 Å². The molecule has 1 fully saturated rings. The fraction of sp³-hybridized carbons (Fsp3) is 0.417. The topological polar surface area (TPSA) is 46.5 Å². The van der Waals surface area contributed by atoms with Gasteiger partial charge in [0.2, 0.25) is 0 Å². The van der Waals surface area contributed by atoms with Gasteiger partial charge in [-0.15, -0.1) is 0 Å². The number of aliphatic carboxylic acids is 1. The molecule has 0 bridgehead atoms. The molecule has 0 atom stereocenters. The minimum atomic E-state index is -0.917. The predicted octanol–water partition coefficient (Wildman–Crippen LogP) is 3.36. The number of carboxylic acid groups (broad SMARTS) is 1. The lowest BCUT2D eigenvalue weighted by Crippen LogP contribution is -2.45. The maximum absolute atomic E-state index is 13.5. The molecule has 0 aliphatic heterocycles. The lowest BCUT2D eigenvalue weighted by molar-refractivity contribution is -0.144. The Labute approximate surface area is 107 Å². The molecule has 3 nitrogen and oxygen atoms in total. The highest BCUT2D eigenvalue weighted by Crippen LogP contribution is 2.40. The number of hydrogen-bond donors (Lipinski definition) is 1. The summed E-state index contributed by atoms with van der Waals surface area (Å²) in [5.74, 6) is -1.27. The van der Waals surface area contributed by atoms with Gasteiger partial charge in [-0.05, 0) is 37.5 Å². The molecule has 2 rings (SSSR count). The first-order valence-electron chi connectivity index (χ1n) is 5.37. The molecule has 0 heterocycles. The molecule has 0 radical (unpaired) electrons. The van der Waals surface area contributed by atoms with Gasteiger partial charge in [-0.3, -0.25) is 4.79 Å². The third-order valence-electron chi connectivity index (χ3n) is 2.96. The maximum Gasteiger partial charge on any atom is 0.307 e. The van der Waals surface area contributed by atoms with E-state index in [9.17, 15) is 9.18 Å². The summed E-state index contributed by atoms with van der Waals surface area (Å²) in [7, 11) is 0. The zero-order chi connectivity index (χ0) is 12.5. The highest BCUT2D eigenvalue weighted by molar-refractivity contribution is 9.10. The third kappa shape index (κ3) is 2.77. The standard InChI is InChI=1S/C12H12BrFO3/c13-8-2-3-9(14)10(6-8)17-12(4-1-5-12)7-11(15)16/h2-3,6H,1,4-5,7H2,(H,15,16). The van der Waals surface area contributed by atoms with Crippen molar-refractivity contribution in [3.05, 3.63) is 28.5 Å². The number of carboxylic acids is 1. The molecule has 1 aliphatic rings. The zero-order valence-electron chi connectivity index (χ0n) is 9.08. The molecule has 0 unspecified atom stereocenters. The zero-order valence-corrected chi connectivity index (χ0v) is 10.7. The van der Waals surface area contributed by atoms with Crippen LogP contribution in [0.2, 0.25) is 0 Å². The minimum Gasteiger partial charge on any atom is -0.484 e. The first kappa shape index (κ1) is 12.4. The van der Waals surface area contributed by atoms with E-state index < -0.39 is 17.4 Å². The summed E-state index contributed by atoms with van der Waals surface area (Å²) in [5, 5.41) is 8.83. The van der Waals surface area contributed by atoms with Gasteiger partial charge < -0.3 is 9.84 Å². The number of benzene rings is 1. The summed E-state index contributed by atoms with van der Waals surface area (Å²) in [6, 6.07) is 4.40. The van der Waals surface area contributed by atoms with E-state index in [4.69, 9.17) is 9.84 Å². The van der Waals surface area contributed by atoms with Gasteiger partial charge in [0.15, 0.2) is 11.6 Å². The Kier molecular flexibility index (Phi) is 3.38. The van der Waals surface area contributed by atoms with Crippen LogP contribution in [0.25, 0.3) is 0 Å². The third-order valence-corrected chi connectivity index (χ3v) is 3.45. The summed E-state index contributed by atoms with van der Waals surface area (Å²) in [6.45, 7) is 0. The number of rotatable bonds is 4. The Balaban J connectivity index is 2.18. The van der Waals surface area contributed by atoms with E-state index in [-0.39, 0.29) is 12.2 Å². The second kappa shape index (κ2) is 4.64. The monoisotopic (exact) mass is 302 g/mol. The van der Waals surface area contributed by atoms with Gasteiger partial charge in [0.1, 0.15) is 5.60 Å². The van der Waals surface area contributed by atoms with Gasteiger partial charge in [-0.1, -0.05) is 15.9 Å². The van der Waals surface area contributed by atoms with Crippen LogP contribution in [-0.2, 0) is 4.79 Å². The molecule has 1 aliphatic carbocycles. The second-order valence-electron chi connectivity index (χ2n) is 4.28. The van der Waals surface area contributed by atoms with Crippen molar-refractivity contribution in [2.45, 2.75) is 31.3 Å². The van der Waals surface area contributed by atoms with Crippen molar-refractivity contribution in [1.82, 2.24) is 0 Å². The Morgan fingerprint density at radius 1 is 1.53 bits per heavy atom. The van der Waals surface area contributed by atoms with Gasteiger partial charge in [-0.2, -0.15) is 0 Å². The summed E-state index contributed by atoms with van der Waals surface area (Å²) in [5.41, 5.74) is -0.729. The fourth-order valence-corrected chi connectivity index (χ4v) is 2.29. The summed E-state index contributed by atoms with van der Waals surface area (Å²) < 4.78 is 19.8. The van der Waals surface area contributed by atoms with Crippen LogP contribution in [0.15, 0.2) is 22.7 Å². The molecule has 1 aromatic carbocycles. The van der Waals surface area contributed by atoms with Crippen molar-refractivity contribution in [2.75, 3.05) is 0 Å². The van der Waals surface area contributed by atoms with Crippen LogP contribution in [0, 0.1) is 5.82 Å². The summed E-state index contributed by atoms with van der Waals surface area (Å²) in [4.78, 5) is 10.8. The van der Waals surface area contributed by atoms with Crippen molar-refractivity contribution in [3.63, 3.8) is 0 Å². The molecule has 92 valence electrons. The minimum absolute atomic E-state index is 0.0844. The number of hydrogen-bond acceptors (Lipinski definition) is 2. The average molecular weight is 303 g/mol. The lowest BCUT2D eigenvalue weighted by atomic mass is 9.77. The molecule has 0 amide bonds. The molecule has 0 aromatic heterocycles. The quantitative estimate of drug-likeness (QED) is 0.927. The van der Waals surface area contributed by atoms with Crippen LogP contribution in [0.1, 0.15) is 25.7 Å². The fourth-order valence-electron chi connectivity index (χ4n) is 1.95. The summed E-state index contributed by atoms with van der Waals surface area (Å²) >= 11 is 3.23. The molecule has 1 N–H and O–H groups in total. The van der Waals surface area contributed by atoms with Crippen molar-refractivity contribution in [2.24, 2.45) is 0 Å². The van der Waals surface area contributed by atoms with E-state index in [1.165, 1.54) is 12.1 Å².